The molecule has 5 nitrogen and oxygen atoms in total. The Balaban J connectivity index is 2.94. The highest BCUT2D eigenvalue weighted by Crippen LogP contribution is 2.30. The zero-order chi connectivity index (χ0) is 15.9. The van der Waals surface area contributed by atoms with Gasteiger partial charge in [-0.05, 0) is 12.8 Å². The zero-order valence-corrected chi connectivity index (χ0v) is 12.3. The van der Waals surface area contributed by atoms with Crippen molar-refractivity contribution in [3.63, 3.8) is 0 Å². The lowest BCUT2D eigenvalue weighted by Gasteiger charge is -2.19. The number of unbranched alkanes of at least 4 members (excludes halogenated alkanes) is 1. The average Bonchev–Trinajstić information content (AvgIpc) is 2.43. The maximum atomic E-state index is 12.8. The molecular weight excluding hydrogens is 283 g/mol. The van der Waals surface area contributed by atoms with Crippen molar-refractivity contribution in [2.75, 3.05) is 10.7 Å². The highest BCUT2D eigenvalue weighted by Gasteiger charge is 2.33. The van der Waals surface area contributed by atoms with Crippen molar-refractivity contribution in [3.05, 3.63) is 11.8 Å². The third-order valence-electron chi connectivity index (χ3n) is 3.04. The molecule has 1 heterocycles. The second kappa shape index (κ2) is 8.02. The first kappa shape index (κ1) is 17.5. The fraction of sp³-hybridized carbons (Fsp3) is 0.692. The number of rotatable bonds is 8. The van der Waals surface area contributed by atoms with E-state index in [2.05, 4.69) is 27.6 Å². The number of anilines is 2. The van der Waals surface area contributed by atoms with Gasteiger partial charge in [-0.1, -0.05) is 33.1 Å². The highest BCUT2D eigenvalue weighted by atomic mass is 19.4. The summed E-state index contributed by atoms with van der Waals surface area (Å²) >= 11 is 0. The molecule has 0 fully saturated rings. The van der Waals surface area contributed by atoms with E-state index in [1.54, 1.807) is 0 Å². The van der Waals surface area contributed by atoms with Crippen LogP contribution < -0.4 is 16.6 Å². The number of nitrogen functional groups attached to an aromatic ring is 1. The monoisotopic (exact) mass is 305 g/mol. The summed E-state index contributed by atoms with van der Waals surface area (Å²) in [6, 6.07) is 1.01. The van der Waals surface area contributed by atoms with Gasteiger partial charge < -0.3 is 5.32 Å². The average molecular weight is 305 g/mol. The van der Waals surface area contributed by atoms with Crippen LogP contribution in [-0.2, 0) is 6.18 Å². The molecule has 1 unspecified atom stereocenters. The standard InChI is InChI=1S/C13H22F3N5/c1-3-5-7-9(6-4-2)18-11-8-10(13(14,15)16)19-12(20-11)21-17/h8-9H,3-7,17H2,1-2H3,(H2,18,19,20,21). The highest BCUT2D eigenvalue weighted by molar-refractivity contribution is 5.43. The van der Waals surface area contributed by atoms with E-state index in [9.17, 15) is 13.2 Å². The number of aromatic nitrogens is 2. The van der Waals surface area contributed by atoms with E-state index in [4.69, 9.17) is 5.84 Å². The van der Waals surface area contributed by atoms with E-state index >= 15 is 0 Å². The van der Waals surface area contributed by atoms with E-state index in [-0.39, 0.29) is 17.8 Å². The fourth-order valence-electron chi connectivity index (χ4n) is 2.03. The third kappa shape index (κ3) is 5.74. The van der Waals surface area contributed by atoms with Crippen molar-refractivity contribution >= 4 is 11.8 Å². The molecule has 120 valence electrons. The maximum Gasteiger partial charge on any atom is 0.433 e. The summed E-state index contributed by atoms with van der Waals surface area (Å²) in [5, 5.41) is 3.06. The Labute approximate surface area is 122 Å². The molecule has 0 saturated carbocycles. The van der Waals surface area contributed by atoms with Gasteiger partial charge in [0, 0.05) is 12.1 Å². The van der Waals surface area contributed by atoms with E-state index in [0.29, 0.717) is 0 Å². The third-order valence-corrected chi connectivity index (χ3v) is 3.04. The summed E-state index contributed by atoms with van der Waals surface area (Å²) in [4.78, 5) is 7.26. The smallest absolute Gasteiger partial charge is 0.367 e. The Hall–Kier alpha value is -1.57. The normalized spacial score (nSPS) is 13.0. The molecule has 0 aliphatic rings. The molecule has 1 aromatic heterocycles. The van der Waals surface area contributed by atoms with E-state index in [0.717, 1.165) is 38.2 Å². The van der Waals surface area contributed by atoms with Gasteiger partial charge in [-0.25, -0.2) is 10.8 Å². The predicted molar refractivity (Wildman–Crippen MR) is 76.7 cm³/mol. The maximum absolute atomic E-state index is 12.8. The first-order chi connectivity index (χ1) is 9.90. The van der Waals surface area contributed by atoms with Crippen molar-refractivity contribution < 1.29 is 13.2 Å². The minimum atomic E-state index is -4.53. The number of halogens is 3. The Morgan fingerprint density at radius 3 is 2.43 bits per heavy atom. The van der Waals surface area contributed by atoms with Crippen LogP contribution in [0, 0.1) is 0 Å². The lowest BCUT2D eigenvalue weighted by molar-refractivity contribution is -0.141. The Morgan fingerprint density at radius 2 is 1.90 bits per heavy atom. The van der Waals surface area contributed by atoms with Crippen LogP contribution in [0.2, 0.25) is 0 Å². The van der Waals surface area contributed by atoms with Crippen molar-refractivity contribution in [1.29, 1.82) is 0 Å². The molecule has 8 heteroatoms. The van der Waals surface area contributed by atoms with E-state index in [1.165, 1.54) is 0 Å². The fourth-order valence-corrected chi connectivity index (χ4v) is 2.03. The number of hydrogen-bond acceptors (Lipinski definition) is 5. The van der Waals surface area contributed by atoms with Crippen molar-refractivity contribution in [2.24, 2.45) is 5.84 Å². The van der Waals surface area contributed by atoms with Crippen molar-refractivity contribution in [2.45, 2.75) is 58.2 Å². The van der Waals surface area contributed by atoms with Crippen molar-refractivity contribution in [3.8, 4) is 0 Å². The molecular formula is C13H22F3N5. The van der Waals surface area contributed by atoms with Gasteiger partial charge in [-0.2, -0.15) is 18.2 Å². The molecule has 0 aliphatic carbocycles. The molecule has 1 rings (SSSR count). The second-order valence-corrected chi connectivity index (χ2v) is 4.88. The minimum absolute atomic E-state index is 0.0940. The first-order valence-electron chi connectivity index (χ1n) is 7.10. The molecule has 21 heavy (non-hydrogen) atoms. The summed E-state index contributed by atoms with van der Waals surface area (Å²) < 4.78 is 38.4. The molecule has 0 aromatic carbocycles. The Kier molecular flexibility index (Phi) is 6.67. The van der Waals surface area contributed by atoms with Crippen LogP contribution in [0.4, 0.5) is 24.9 Å². The van der Waals surface area contributed by atoms with Gasteiger partial charge in [0.25, 0.3) is 0 Å². The number of nitrogens with two attached hydrogens (primary N) is 1. The predicted octanol–water partition coefficient (Wildman–Crippen LogP) is 3.55. The lowest BCUT2D eigenvalue weighted by atomic mass is 10.1. The summed E-state index contributed by atoms with van der Waals surface area (Å²) in [6.45, 7) is 4.11. The van der Waals surface area contributed by atoms with Crippen LogP contribution in [-0.4, -0.2) is 16.0 Å². The quantitative estimate of drug-likeness (QED) is 0.506. The van der Waals surface area contributed by atoms with Crippen LogP contribution in [0.5, 0.6) is 0 Å². The number of hydrogen-bond donors (Lipinski definition) is 3. The van der Waals surface area contributed by atoms with Gasteiger partial charge in [0.15, 0.2) is 5.69 Å². The summed E-state index contributed by atoms with van der Waals surface area (Å²) in [5.41, 5.74) is 1.05. The molecule has 0 radical (unpaired) electrons. The molecule has 0 spiro atoms. The number of hydrazine groups is 1. The van der Waals surface area contributed by atoms with Crippen LogP contribution in [0.15, 0.2) is 6.07 Å². The van der Waals surface area contributed by atoms with E-state index < -0.39 is 11.9 Å². The molecule has 0 aliphatic heterocycles. The minimum Gasteiger partial charge on any atom is -0.367 e. The first-order valence-corrected chi connectivity index (χ1v) is 7.10. The molecule has 0 saturated heterocycles. The Bertz CT molecular complexity index is 436. The number of alkyl halides is 3. The van der Waals surface area contributed by atoms with E-state index in [1.807, 2.05) is 6.92 Å². The topological polar surface area (TPSA) is 75.9 Å². The van der Waals surface area contributed by atoms with Gasteiger partial charge in [0.2, 0.25) is 5.95 Å². The Morgan fingerprint density at radius 1 is 1.19 bits per heavy atom. The van der Waals surface area contributed by atoms with Crippen molar-refractivity contribution in [1.82, 2.24) is 9.97 Å². The molecule has 1 atom stereocenters. The SMILES string of the molecule is CCCCC(CCC)Nc1cc(C(F)(F)F)nc(NN)n1. The molecule has 1 aromatic rings. The molecule has 4 N–H and O–H groups in total. The van der Waals surface area contributed by atoms with Gasteiger partial charge >= 0.3 is 6.18 Å². The van der Waals surface area contributed by atoms with Crippen LogP contribution in [0.3, 0.4) is 0 Å². The zero-order valence-electron chi connectivity index (χ0n) is 12.3. The molecule has 0 bridgehead atoms. The lowest BCUT2D eigenvalue weighted by Crippen LogP contribution is -2.22. The van der Waals surface area contributed by atoms with Gasteiger partial charge in [0.1, 0.15) is 5.82 Å². The van der Waals surface area contributed by atoms with Crippen LogP contribution in [0.25, 0.3) is 0 Å². The van der Waals surface area contributed by atoms with Gasteiger partial charge in [0.05, 0.1) is 0 Å². The number of nitrogens with zero attached hydrogens (tertiary/aromatic N) is 2. The summed E-state index contributed by atoms with van der Waals surface area (Å²) in [7, 11) is 0. The summed E-state index contributed by atoms with van der Waals surface area (Å²) in [5.74, 6) is 5.02. The molecule has 0 amide bonds. The van der Waals surface area contributed by atoms with Gasteiger partial charge in [-0.15, -0.1) is 0 Å². The van der Waals surface area contributed by atoms with Crippen LogP contribution in [0.1, 0.15) is 51.6 Å². The number of nitrogens with one attached hydrogen (secondary N) is 2. The summed E-state index contributed by atoms with van der Waals surface area (Å²) in [6.07, 6.45) is 0.221. The van der Waals surface area contributed by atoms with Crippen LogP contribution >= 0.6 is 0 Å². The van der Waals surface area contributed by atoms with Gasteiger partial charge in [-0.3, -0.25) is 5.43 Å². The largest absolute Gasteiger partial charge is 0.433 e. The second-order valence-electron chi connectivity index (χ2n) is 4.88.